The number of anilines is 1. The van der Waals surface area contributed by atoms with Crippen LogP contribution >= 0.6 is 0 Å². The summed E-state index contributed by atoms with van der Waals surface area (Å²) in [4.78, 5) is 14.2. The van der Waals surface area contributed by atoms with E-state index >= 15 is 0 Å². The normalized spacial score (nSPS) is 13.2. The smallest absolute Gasteiger partial charge is 0.322 e. The van der Waals surface area contributed by atoms with Crippen molar-refractivity contribution in [2.45, 2.75) is 13.0 Å². The number of fused-ring (bicyclic) bond motifs is 1. The molecule has 8 heteroatoms. The van der Waals surface area contributed by atoms with E-state index in [9.17, 15) is 4.79 Å². The maximum atomic E-state index is 12.5. The molecule has 0 bridgehead atoms. The Balaban J connectivity index is 1.77. The minimum absolute atomic E-state index is 0.212. The summed E-state index contributed by atoms with van der Waals surface area (Å²) < 4.78 is 21.0. The first-order chi connectivity index (χ1) is 11.7. The predicted molar refractivity (Wildman–Crippen MR) is 85.7 cm³/mol. The number of methoxy groups -OCH3 is 3. The van der Waals surface area contributed by atoms with Gasteiger partial charge in [-0.25, -0.2) is 4.79 Å². The molecule has 24 heavy (non-hydrogen) atoms. The maximum Gasteiger partial charge on any atom is 0.322 e. The van der Waals surface area contributed by atoms with Crippen LogP contribution in [-0.2, 0) is 13.0 Å². The minimum Gasteiger partial charge on any atom is -0.493 e. The molecule has 0 aliphatic carbocycles. The molecular weight excluding hydrogens is 314 g/mol. The Morgan fingerprint density at radius 3 is 2.54 bits per heavy atom. The molecule has 0 spiro atoms. The van der Waals surface area contributed by atoms with Crippen LogP contribution in [0.3, 0.4) is 0 Å². The molecule has 2 amide bonds. The number of hydrogen-bond donors (Lipinski definition) is 1. The van der Waals surface area contributed by atoms with Gasteiger partial charge >= 0.3 is 6.03 Å². The number of nitrogens with zero attached hydrogens (tertiary/aromatic N) is 2. The van der Waals surface area contributed by atoms with Gasteiger partial charge in [0.05, 0.1) is 39.8 Å². The lowest BCUT2D eigenvalue weighted by Gasteiger charge is -2.26. The minimum atomic E-state index is -0.212. The lowest BCUT2D eigenvalue weighted by molar-refractivity contribution is 0.202. The fraction of sp³-hybridized carbons (Fsp3) is 0.375. The van der Waals surface area contributed by atoms with Crippen LogP contribution in [0.5, 0.6) is 17.2 Å². The van der Waals surface area contributed by atoms with Crippen molar-refractivity contribution in [1.29, 1.82) is 0 Å². The van der Waals surface area contributed by atoms with Crippen LogP contribution in [0, 0.1) is 0 Å². The molecule has 1 aromatic carbocycles. The number of carbonyl (C=O) groups is 1. The van der Waals surface area contributed by atoms with Crippen LogP contribution < -0.4 is 19.5 Å². The first-order valence-electron chi connectivity index (χ1n) is 7.44. The Labute approximate surface area is 139 Å². The SMILES string of the molecule is COc1cc(NC(=O)N2CCc3oncc3C2)cc(OC)c1OC. The highest BCUT2D eigenvalue weighted by molar-refractivity contribution is 5.90. The van der Waals surface area contributed by atoms with Crippen LogP contribution in [-0.4, -0.2) is 44.0 Å². The van der Waals surface area contributed by atoms with Gasteiger partial charge in [-0.1, -0.05) is 5.16 Å². The second-order valence-electron chi connectivity index (χ2n) is 5.29. The van der Waals surface area contributed by atoms with Crippen molar-refractivity contribution in [2.24, 2.45) is 0 Å². The van der Waals surface area contributed by atoms with Gasteiger partial charge < -0.3 is 29.0 Å². The van der Waals surface area contributed by atoms with E-state index in [-0.39, 0.29) is 6.03 Å². The van der Waals surface area contributed by atoms with Crippen molar-refractivity contribution in [3.8, 4) is 17.2 Å². The Bertz CT molecular complexity index is 718. The van der Waals surface area contributed by atoms with Crippen molar-refractivity contribution < 1.29 is 23.5 Å². The molecule has 1 aliphatic rings. The fourth-order valence-electron chi connectivity index (χ4n) is 2.67. The third-order valence-electron chi connectivity index (χ3n) is 3.90. The third kappa shape index (κ3) is 2.94. The maximum absolute atomic E-state index is 12.5. The Morgan fingerprint density at radius 1 is 1.21 bits per heavy atom. The number of carbonyl (C=O) groups excluding carboxylic acids is 1. The number of nitrogens with one attached hydrogen (secondary N) is 1. The van der Waals surface area contributed by atoms with Gasteiger partial charge in [-0.3, -0.25) is 0 Å². The number of benzene rings is 1. The van der Waals surface area contributed by atoms with Crippen LogP contribution in [0.15, 0.2) is 22.9 Å². The number of amides is 2. The van der Waals surface area contributed by atoms with Crippen LogP contribution in [0.2, 0.25) is 0 Å². The fourth-order valence-corrected chi connectivity index (χ4v) is 2.67. The summed E-state index contributed by atoms with van der Waals surface area (Å²) in [6, 6.07) is 3.17. The summed E-state index contributed by atoms with van der Waals surface area (Å²) in [6.45, 7) is 1.04. The lowest BCUT2D eigenvalue weighted by Crippen LogP contribution is -2.38. The van der Waals surface area contributed by atoms with E-state index < -0.39 is 0 Å². The summed E-state index contributed by atoms with van der Waals surface area (Å²) >= 11 is 0. The highest BCUT2D eigenvalue weighted by Crippen LogP contribution is 2.40. The molecule has 2 aromatic rings. The first kappa shape index (κ1) is 16.0. The van der Waals surface area contributed by atoms with Gasteiger partial charge in [0.2, 0.25) is 5.75 Å². The van der Waals surface area contributed by atoms with Gasteiger partial charge in [0.15, 0.2) is 11.5 Å². The molecule has 0 atom stereocenters. The molecule has 8 nitrogen and oxygen atoms in total. The van der Waals surface area contributed by atoms with E-state index in [2.05, 4.69) is 10.5 Å². The monoisotopic (exact) mass is 333 g/mol. The summed E-state index contributed by atoms with van der Waals surface area (Å²) in [5.41, 5.74) is 1.49. The van der Waals surface area contributed by atoms with Crippen LogP contribution in [0.4, 0.5) is 10.5 Å². The molecule has 128 valence electrons. The van der Waals surface area contributed by atoms with E-state index in [1.807, 2.05) is 0 Å². The summed E-state index contributed by atoms with van der Waals surface area (Å²) in [5.74, 6) is 2.27. The lowest BCUT2D eigenvalue weighted by atomic mass is 10.1. The van der Waals surface area contributed by atoms with E-state index in [4.69, 9.17) is 18.7 Å². The Morgan fingerprint density at radius 2 is 1.92 bits per heavy atom. The molecule has 2 heterocycles. The summed E-state index contributed by atoms with van der Waals surface area (Å²) in [6.07, 6.45) is 2.30. The molecule has 0 saturated carbocycles. The molecule has 0 fully saturated rings. The van der Waals surface area contributed by atoms with Crippen molar-refractivity contribution in [3.63, 3.8) is 0 Å². The van der Waals surface area contributed by atoms with Gasteiger partial charge in [-0.15, -0.1) is 0 Å². The summed E-state index contributed by atoms with van der Waals surface area (Å²) in [7, 11) is 4.59. The van der Waals surface area contributed by atoms with Gasteiger partial charge in [0, 0.05) is 30.7 Å². The highest BCUT2D eigenvalue weighted by Gasteiger charge is 2.24. The standard InChI is InChI=1S/C16H19N3O5/c1-21-13-6-11(7-14(22-2)15(13)23-3)18-16(20)19-5-4-12-10(9-19)8-17-24-12/h6-8H,4-5,9H2,1-3H3,(H,18,20). The number of urea groups is 1. The largest absolute Gasteiger partial charge is 0.493 e. The van der Waals surface area contributed by atoms with E-state index in [0.29, 0.717) is 42.4 Å². The Kier molecular flexibility index (Phi) is 4.45. The van der Waals surface area contributed by atoms with Gasteiger partial charge in [0.25, 0.3) is 0 Å². The topological polar surface area (TPSA) is 86.1 Å². The second kappa shape index (κ2) is 6.69. The molecular formula is C16H19N3O5. The average molecular weight is 333 g/mol. The predicted octanol–water partition coefficient (Wildman–Crippen LogP) is 2.29. The number of hydrogen-bond acceptors (Lipinski definition) is 6. The molecule has 3 rings (SSSR count). The van der Waals surface area contributed by atoms with Gasteiger partial charge in [0.1, 0.15) is 5.76 Å². The van der Waals surface area contributed by atoms with E-state index in [1.54, 1.807) is 23.2 Å². The molecule has 1 N–H and O–H groups in total. The van der Waals surface area contributed by atoms with Crippen molar-refractivity contribution in [3.05, 3.63) is 29.7 Å². The van der Waals surface area contributed by atoms with Crippen molar-refractivity contribution in [2.75, 3.05) is 33.2 Å². The van der Waals surface area contributed by atoms with E-state index in [0.717, 1.165) is 11.3 Å². The molecule has 1 aliphatic heterocycles. The number of rotatable bonds is 4. The van der Waals surface area contributed by atoms with Gasteiger partial charge in [-0.05, 0) is 0 Å². The average Bonchev–Trinajstić information content (AvgIpc) is 3.08. The molecule has 1 aromatic heterocycles. The van der Waals surface area contributed by atoms with Gasteiger partial charge in [-0.2, -0.15) is 0 Å². The molecule has 0 saturated heterocycles. The van der Waals surface area contributed by atoms with E-state index in [1.165, 1.54) is 21.3 Å². The van der Waals surface area contributed by atoms with Crippen molar-refractivity contribution >= 4 is 11.7 Å². The molecule has 0 unspecified atom stereocenters. The zero-order valence-corrected chi connectivity index (χ0v) is 13.8. The zero-order valence-electron chi connectivity index (χ0n) is 13.8. The quantitative estimate of drug-likeness (QED) is 0.924. The number of ether oxygens (including phenoxy) is 3. The third-order valence-corrected chi connectivity index (χ3v) is 3.90. The summed E-state index contributed by atoms with van der Waals surface area (Å²) in [5, 5.41) is 6.62. The first-order valence-corrected chi connectivity index (χ1v) is 7.44. The Hall–Kier alpha value is -2.90. The zero-order chi connectivity index (χ0) is 17.1. The van der Waals surface area contributed by atoms with Crippen molar-refractivity contribution in [1.82, 2.24) is 10.1 Å². The highest BCUT2D eigenvalue weighted by atomic mass is 16.5. The molecule has 0 radical (unpaired) electrons. The van der Waals surface area contributed by atoms with Crippen LogP contribution in [0.25, 0.3) is 0 Å². The second-order valence-corrected chi connectivity index (χ2v) is 5.29. The number of aromatic nitrogens is 1. The van der Waals surface area contributed by atoms with Crippen LogP contribution in [0.1, 0.15) is 11.3 Å².